The molecule has 584 valence electrons. The van der Waals surface area contributed by atoms with Gasteiger partial charge in [0.05, 0.1) is 5.41 Å². The molecule has 5 rings (SSSR count). The summed E-state index contributed by atoms with van der Waals surface area (Å²) in [5, 5.41) is 51.5. The van der Waals surface area contributed by atoms with Crippen LogP contribution in [0.15, 0.2) is 290 Å². The van der Waals surface area contributed by atoms with Gasteiger partial charge in [0.15, 0.2) is 23.1 Å². The lowest BCUT2D eigenvalue weighted by atomic mass is 9.49. The van der Waals surface area contributed by atoms with Crippen LogP contribution in [0.25, 0.3) is 0 Å². The Morgan fingerprint density at radius 2 is 0.796 bits per heavy atom. The maximum atomic E-state index is 12.5. The van der Waals surface area contributed by atoms with E-state index in [4.69, 9.17) is 0 Å². The third-order valence-corrected chi connectivity index (χ3v) is 20.7. The van der Waals surface area contributed by atoms with Gasteiger partial charge in [-0.3, -0.25) is 14.4 Å². The van der Waals surface area contributed by atoms with Crippen molar-refractivity contribution in [1.82, 2.24) is 0 Å². The molecule has 0 aromatic heterocycles. The standard InChI is InChI=1S/C40H52O4.C40H56.C20H28O4/c1-27(17-13-19-29(3)21-23-33-31(5)37(43)35(41)25-39(33,7)8)15-11-12-16-28(2)18-14-20-30(4)22-24-34-32(6)38(44)36(42)26-40(34,9)10;1-33(2)19-13-23-37(7)27-17-31-39(9)29-15-25-35(5)21-11-12-22-36(6)26-16-30-40(10)32-18-28-38(8)24-14-20-34(3)4;1-11(2)13-10-12-6-7-14-19(3,4)8-5-9-20(14,18(23)24)15(12)17(22)16(13)21/h11-24,35-36,41-42H,25-26H2,1-10H3;11-12,15-22,25-32H,13-14,23-24H2,1-10H3;10-11,14,21-22H,5-9H2,1-4H3,(H,23,24)/b12-11+,17-13+,18-14+,23-21+,24-22+,27-15+,28-16+,29-19+,30-20+;12-11+,25-15+,26-16+,31-17+,32-18+,35-21+,36-22+,37-27+,38-28+,39-29+,40-30+;/t35-,36-;;14-,20+/m0.0/s1. The monoisotopic (exact) mass is 1470 g/mol. The second-order valence-electron chi connectivity index (χ2n) is 33.1. The van der Waals surface area contributed by atoms with E-state index in [1.54, 1.807) is 13.8 Å². The highest BCUT2D eigenvalue weighted by Crippen LogP contribution is 2.61. The van der Waals surface area contributed by atoms with Gasteiger partial charge < -0.3 is 25.5 Å². The van der Waals surface area contributed by atoms with Crippen LogP contribution in [-0.2, 0) is 26.2 Å². The fourth-order valence-electron chi connectivity index (χ4n) is 14.3. The molecule has 1 saturated carbocycles. The fourth-order valence-corrected chi connectivity index (χ4v) is 14.3. The summed E-state index contributed by atoms with van der Waals surface area (Å²) < 4.78 is 0. The summed E-state index contributed by atoms with van der Waals surface area (Å²) in [6.45, 7) is 49.7. The summed E-state index contributed by atoms with van der Waals surface area (Å²) in [4.78, 5) is 36.9. The lowest BCUT2D eigenvalue weighted by Crippen LogP contribution is -2.54. The average molecular weight is 1470 g/mol. The minimum absolute atomic E-state index is 0.0288. The second-order valence-corrected chi connectivity index (χ2v) is 33.1. The van der Waals surface area contributed by atoms with Crippen molar-refractivity contribution >= 4 is 17.5 Å². The van der Waals surface area contributed by atoms with Gasteiger partial charge in [-0.15, -0.1) is 0 Å². The SMILES string of the molecule is CC(C)=CCC/C(C)=C/C=C/C(C)=C/C=C/C(C)=C/C=C/C=C(C)/C=C/C=C(C)/C=C/C=C(\C)CCC=C(C)C.CC(C)c1cc2c(c(O)c1O)[C@@]1(C(=O)O)CCCC(C)(C)[C@@H]1CC2.CC1=C(/C=C/C(C)=C/C=C/C(C)=C/C=C/C=C(C)/C=C/C=C(C)/C=C/C2=C(C)C(=O)[C@@H](O)CC2(C)C)C(C)(C)C[C@H](O)C1=O. The highest BCUT2D eigenvalue weighted by atomic mass is 16.4. The number of aliphatic hydroxyl groups excluding tert-OH is 2. The third-order valence-electron chi connectivity index (χ3n) is 20.7. The van der Waals surface area contributed by atoms with Gasteiger partial charge in [0, 0.05) is 11.1 Å². The van der Waals surface area contributed by atoms with Crippen molar-refractivity contribution < 1.29 is 39.9 Å². The Labute approximate surface area is 654 Å². The molecule has 108 heavy (non-hydrogen) atoms. The van der Waals surface area contributed by atoms with Gasteiger partial charge in [-0.25, -0.2) is 0 Å². The van der Waals surface area contributed by atoms with E-state index in [1.165, 1.54) is 44.6 Å². The summed E-state index contributed by atoms with van der Waals surface area (Å²) >= 11 is 0. The van der Waals surface area contributed by atoms with Crippen LogP contribution in [0.1, 0.15) is 253 Å². The van der Waals surface area contributed by atoms with Crippen LogP contribution in [0.4, 0.5) is 0 Å². The number of carbonyl (C=O) groups excluding carboxylic acids is 2. The molecular formula is C100H136O8. The molecule has 0 radical (unpaired) electrons. The van der Waals surface area contributed by atoms with Crippen LogP contribution in [0, 0.1) is 22.2 Å². The summed E-state index contributed by atoms with van der Waals surface area (Å²) in [5.41, 5.74) is 18.5. The van der Waals surface area contributed by atoms with E-state index in [1.807, 2.05) is 94.5 Å². The van der Waals surface area contributed by atoms with Crippen LogP contribution in [0.2, 0.25) is 0 Å². The Hall–Kier alpha value is -8.69. The summed E-state index contributed by atoms with van der Waals surface area (Å²) in [6.07, 6.45) is 74.7. The largest absolute Gasteiger partial charge is 0.504 e. The van der Waals surface area contributed by atoms with E-state index in [9.17, 15) is 39.9 Å². The van der Waals surface area contributed by atoms with E-state index in [0.29, 0.717) is 41.5 Å². The Morgan fingerprint density at radius 1 is 0.472 bits per heavy atom. The molecule has 1 aromatic rings. The number of benzene rings is 1. The molecule has 1 fully saturated rings. The normalized spacial score (nSPS) is 21.9. The van der Waals surface area contributed by atoms with Crippen molar-refractivity contribution in [2.75, 3.05) is 0 Å². The first kappa shape index (κ1) is 93.5. The second kappa shape index (κ2) is 45.3. The number of allylic oxidation sites excluding steroid dienone is 46. The molecule has 0 amide bonds. The van der Waals surface area contributed by atoms with Crippen LogP contribution < -0.4 is 0 Å². The number of carboxylic acids is 1. The van der Waals surface area contributed by atoms with Crippen LogP contribution in [0.3, 0.4) is 0 Å². The quantitative estimate of drug-likeness (QED) is 0.0316. The van der Waals surface area contributed by atoms with E-state index in [-0.39, 0.29) is 51.1 Å². The molecule has 8 heteroatoms. The number of Topliss-reactive ketones (excluding diaryl/α,β-unsaturated/α-hetero) is 2. The lowest BCUT2D eigenvalue weighted by molar-refractivity contribution is -0.152. The van der Waals surface area contributed by atoms with E-state index < -0.39 is 23.6 Å². The first-order valence-electron chi connectivity index (χ1n) is 39.0. The number of hydrogen-bond donors (Lipinski definition) is 5. The number of phenolic OH excluding ortho intramolecular Hbond substituents is 2. The summed E-state index contributed by atoms with van der Waals surface area (Å²) in [5.74, 6) is -1.53. The lowest BCUT2D eigenvalue weighted by Gasteiger charge is -2.53. The van der Waals surface area contributed by atoms with Gasteiger partial charge in [0.2, 0.25) is 0 Å². The van der Waals surface area contributed by atoms with Gasteiger partial charge in [0.1, 0.15) is 12.2 Å². The number of ketones is 2. The van der Waals surface area contributed by atoms with Crippen molar-refractivity contribution in [3.05, 3.63) is 306 Å². The predicted molar refractivity (Wildman–Crippen MR) is 463 cm³/mol. The number of aryl methyl sites for hydroxylation is 1. The summed E-state index contributed by atoms with van der Waals surface area (Å²) in [6, 6.07) is 1.91. The van der Waals surface area contributed by atoms with E-state index >= 15 is 0 Å². The molecule has 0 unspecified atom stereocenters. The van der Waals surface area contributed by atoms with Crippen molar-refractivity contribution in [2.24, 2.45) is 22.2 Å². The molecule has 4 atom stereocenters. The number of aliphatic hydroxyl groups is 2. The van der Waals surface area contributed by atoms with Crippen molar-refractivity contribution in [2.45, 2.75) is 260 Å². The number of hydrogen-bond acceptors (Lipinski definition) is 7. The summed E-state index contributed by atoms with van der Waals surface area (Å²) in [7, 11) is 0. The smallest absolute Gasteiger partial charge is 0.314 e. The van der Waals surface area contributed by atoms with Gasteiger partial charge in [-0.2, -0.15) is 0 Å². The minimum atomic E-state index is -1.09. The maximum absolute atomic E-state index is 12.5. The Kier molecular flexibility index (Phi) is 39.2. The highest BCUT2D eigenvalue weighted by Gasteiger charge is 2.59. The van der Waals surface area contributed by atoms with Crippen molar-refractivity contribution in [1.29, 1.82) is 0 Å². The highest BCUT2D eigenvalue weighted by molar-refractivity contribution is 6.01. The number of aliphatic carboxylic acids is 1. The number of rotatable bonds is 28. The first-order chi connectivity index (χ1) is 50.6. The molecule has 5 N–H and O–H groups in total. The third kappa shape index (κ3) is 31.1. The van der Waals surface area contributed by atoms with Crippen LogP contribution in [0.5, 0.6) is 11.5 Å². The molecular weight excluding hydrogens is 1330 g/mol. The molecule has 0 saturated heterocycles. The van der Waals surface area contributed by atoms with E-state index in [2.05, 4.69) is 258 Å². The topological polar surface area (TPSA) is 152 Å². The van der Waals surface area contributed by atoms with E-state index in [0.717, 1.165) is 90.4 Å². The molecule has 8 nitrogen and oxygen atoms in total. The molecule has 4 aliphatic rings. The Bertz CT molecular complexity index is 3900. The fraction of sp³-hybridized carbons (Fsp3) is 0.430. The molecule has 1 aromatic carbocycles. The zero-order chi connectivity index (χ0) is 81.3. The predicted octanol–water partition coefficient (Wildman–Crippen LogP) is 26.2. The molecule has 0 spiro atoms. The maximum Gasteiger partial charge on any atom is 0.314 e. The average Bonchev–Trinajstić information content (AvgIpc) is 0.708. The minimum Gasteiger partial charge on any atom is -0.504 e. The molecule has 0 heterocycles. The molecule has 0 aliphatic heterocycles. The van der Waals surface area contributed by atoms with Gasteiger partial charge >= 0.3 is 5.97 Å². The number of fused-ring (bicyclic) bond motifs is 3. The number of phenols is 2. The van der Waals surface area contributed by atoms with Gasteiger partial charge in [-0.1, -0.05) is 329 Å². The molecule has 0 bridgehead atoms. The van der Waals surface area contributed by atoms with Crippen molar-refractivity contribution in [3.63, 3.8) is 0 Å². The Morgan fingerprint density at radius 3 is 1.12 bits per heavy atom. The zero-order valence-corrected chi connectivity index (χ0v) is 70.6. The first-order valence-corrected chi connectivity index (χ1v) is 39.0. The van der Waals surface area contributed by atoms with Gasteiger partial charge in [0.25, 0.3) is 0 Å². The zero-order valence-electron chi connectivity index (χ0n) is 70.6. The van der Waals surface area contributed by atoms with Gasteiger partial charge in [-0.05, 0) is 231 Å². The number of aromatic hydroxyl groups is 2. The Balaban J connectivity index is 0.000000436. The van der Waals surface area contributed by atoms with Crippen molar-refractivity contribution in [3.8, 4) is 11.5 Å². The molecule has 4 aliphatic carbocycles. The van der Waals surface area contributed by atoms with Crippen LogP contribution >= 0.6 is 0 Å². The van der Waals surface area contributed by atoms with Crippen LogP contribution in [-0.4, -0.2) is 55.3 Å². The number of carbonyl (C=O) groups is 3. The number of carboxylic acid groups (broad SMARTS) is 1.